The molecule has 0 amide bonds. The third-order valence-corrected chi connectivity index (χ3v) is 16.0. The standard InChI is InChI=1S/2C28H42O2.C21H17.Zr/c2*1-25(2,3)17-13-19(23(29)21(15-17)27(7,8)9)20-14-18(26(4,5)6)16-22(24(20)30)28(10,11)12;1-2-15-11-18-9-5-6-10-20(18)21(12-15)19-13-16-7-3-4-8-17(16)14-19;/h2*13-16,29-30H,1-12H3;3-14H,2H2,1H3;/q;;-1;. The molecule has 5 heteroatoms. The zero-order valence-electron chi connectivity index (χ0n) is 55.0. The van der Waals surface area contributed by atoms with E-state index in [1.807, 2.05) is 0 Å². The van der Waals surface area contributed by atoms with Gasteiger partial charge in [-0.3, -0.25) is 0 Å². The third kappa shape index (κ3) is 15.2. The van der Waals surface area contributed by atoms with E-state index in [4.69, 9.17) is 0 Å². The Bertz CT molecular complexity index is 3210. The van der Waals surface area contributed by atoms with Crippen LogP contribution in [0.15, 0.2) is 121 Å². The molecule has 0 bridgehead atoms. The Labute approximate surface area is 515 Å². The molecule has 8 aromatic carbocycles. The van der Waals surface area contributed by atoms with Crippen molar-refractivity contribution in [1.82, 2.24) is 0 Å². The van der Waals surface area contributed by atoms with E-state index < -0.39 is 0 Å². The molecule has 0 saturated carbocycles. The molecule has 4 nitrogen and oxygen atoms in total. The van der Waals surface area contributed by atoms with Crippen molar-refractivity contribution >= 4 is 21.5 Å². The van der Waals surface area contributed by atoms with Crippen LogP contribution < -0.4 is 0 Å². The Morgan fingerprint density at radius 2 is 0.610 bits per heavy atom. The van der Waals surface area contributed by atoms with Crippen LogP contribution in [0.25, 0.3) is 54.9 Å². The van der Waals surface area contributed by atoms with E-state index in [2.05, 4.69) is 294 Å². The number of hydrogen-bond donors (Lipinski definition) is 4. The first-order valence-corrected chi connectivity index (χ1v) is 29.5. The van der Waals surface area contributed by atoms with Crippen LogP contribution in [0.2, 0.25) is 0 Å². The number of benzene rings is 7. The van der Waals surface area contributed by atoms with Gasteiger partial charge in [-0.1, -0.05) is 263 Å². The third-order valence-electron chi connectivity index (χ3n) is 16.0. The maximum atomic E-state index is 11.4. The minimum absolute atomic E-state index is 0. The molecule has 0 atom stereocenters. The van der Waals surface area contributed by atoms with E-state index in [1.165, 1.54) is 38.2 Å². The number of hydrogen-bond acceptors (Lipinski definition) is 4. The summed E-state index contributed by atoms with van der Waals surface area (Å²) in [5.41, 5.74) is 14.0. The molecule has 0 aliphatic heterocycles. The predicted octanol–water partition coefficient (Wildman–Crippen LogP) is 21.8. The maximum absolute atomic E-state index is 11.4. The molecule has 0 aromatic heterocycles. The Morgan fingerprint density at radius 1 is 0.317 bits per heavy atom. The summed E-state index contributed by atoms with van der Waals surface area (Å²) in [6, 6.07) is 43.2. The monoisotopic (exact) mass is 1180 g/mol. The van der Waals surface area contributed by atoms with Crippen LogP contribution in [-0.2, 0) is 75.9 Å². The summed E-state index contributed by atoms with van der Waals surface area (Å²) in [5, 5.41) is 50.8. The summed E-state index contributed by atoms with van der Waals surface area (Å²) in [5.74, 6) is 1.04. The van der Waals surface area contributed by atoms with Crippen LogP contribution >= 0.6 is 0 Å². The molecule has 0 aliphatic rings. The summed E-state index contributed by atoms with van der Waals surface area (Å²) < 4.78 is 0. The van der Waals surface area contributed by atoms with E-state index in [-0.39, 0.29) is 92.5 Å². The number of phenolic OH excluding ortho intramolecular Hbond substituents is 4. The van der Waals surface area contributed by atoms with Crippen molar-refractivity contribution in [3.05, 3.63) is 171 Å². The molecule has 8 aromatic rings. The van der Waals surface area contributed by atoms with Crippen LogP contribution in [0.1, 0.15) is 223 Å². The molecule has 82 heavy (non-hydrogen) atoms. The molecular formula is C77H101O4Zr-. The fourth-order valence-electron chi connectivity index (χ4n) is 10.5. The molecule has 8 rings (SSSR count). The quantitative estimate of drug-likeness (QED) is 0.132. The van der Waals surface area contributed by atoms with Crippen LogP contribution in [0.3, 0.4) is 0 Å². The molecular weight excluding hydrogens is 1080 g/mol. The fourth-order valence-corrected chi connectivity index (χ4v) is 10.5. The molecule has 0 unspecified atom stereocenters. The molecule has 0 heterocycles. The Morgan fingerprint density at radius 3 is 0.890 bits per heavy atom. The molecule has 0 radical (unpaired) electrons. The summed E-state index contributed by atoms with van der Waals surface area (Å²) in [6.07, 6.45) is 1.07. The molecule has 438 valence electrons. The molecule has 0 fully saturated rings. The Kier molecular flexibility index (Phi) is 19.6. The maximum Gasteiger partial charge on any atom is 0.127 e. The van der Waals surface area contributed by atoms with Gasteiger partial charge in [-0.05, 0) is 107 Å². The molecule has 0 spiro atoms. The number of aryl methyl sites for hydroxylation is 1. The molecule has 4 N–H and O–H groups in total. The molecule has 0 saturated heterocycles. The van der Waals surface area contributed by atoms with Gasteiger partial charge in [0.1, 0.15) is 23.0 Å². The first kappa shape index (κ1) is 67.3. The van der Waals surface area contributed by atoms with Gasteiger partial charge in [-0.2, -0.15) is 0 Å². The number of rotatable bonds is 4. The van der Waals surface area contributed by atoms with Gasteiger partial charge in [0, 0.05) is 70.7 Å². The van der Waals surface area contributed by atoms with Gasteiger partial charge in [-0.15, -0.1) is 34.5 Å². The van der Waals surface area contributed by atoms with Crippen molar-refractivity contribution in [2.75, 3.05) is 0 Å². The van der Waals surface area contributed by atoms with Crippen LogP contribution in [-0.4, -0.2) is 20.4 Å². The van der Waals surface area contributed by atoms with Gasteiger partial charge in [0.2, 0.25) is 0 Å². The molecule has 0 aliphatic carbocycles. The predicted molar refractivity (Wildman–Crippen MR) is 352 cm³/mol. The van der Waals surface area contributed by atoms with Gasteiger partial charge in [0.15, 0.2) is 0 Å². The van der Waals surface area contributed by atoms with E-state index in [0.717, 1.165) is 50.9 Å². The smallest absolute Gasteiger partial charge is 0.127 e. The van der Waals surface area contributed by atoms with Crippen molar-refractivity contribution in [3.8, 4) is 56.4 Å². The van der Waals surface area contributed by atoms with E-state index in [9.17, 15) is 20.4 Å². The number of fused-ring (bicyclic) bond motifs is 2. The SMILES string of the molecule is CC(C)(C)c1cc(-c2cc(C(C)(C)C)cc(C(C)(C)C)c2O)c(O)c(C(C)(C)C)c1.CC(C)(C)c1cc(-c2cc(C(C)(C)C)cc(C(C)(C)C)c2O)c(O)c(C(C)(C)C)c1.CCc1cc(-c2cc3ccccc3[cH-]2)c2ccccc2c1.[Zr]. The van der Waals surface area contributed by atoms with Crippen molar-refractivity contribution in [2.45, 2.75) is 223 Å². The fraction of sp³-hybridized carbons (Fsp3) is 0.442. The number of aromatic hydroxyl groups is 4. The Hall–Kier alpha value is -5.51. The van der Waals surface area contributed by atoms with Crippen molar-refractivity contribution in [1.29, 1.82) is 0 Å². The minimum Gasteiger partial charge on any atom is -0.507 e. The first-order valence-electron chi connectivity index (χ1n) is 29.5. The van der Waals surface area contributed by atoms with E-state index in [0.29, 0.717) is 22.3 Å². The minimum atomic E-state index is -0.218. The summed E-state index contributed by atoms with van der Waals surface area (Å²) in [6.45, 7) is 53.8. The Balaban J connectivity index is 0.000000227. The summed E-state index contributed by atoms with van der Waals surface area (Å²) in [4.78, 5) is 0. The second-order valence-corrected chi connectivity index (χ2v) is 31.3. The van der Waals surface area contributed by atoms with Gasteiger partial charge >= 0.3 is 0 Å². The van der Waals surface area contributed by atoms with Crippen LogP contribution in [0.4, 0.5) is 0 Å². The second-order valence-electron chi connectivity index (χ2n) is 31.3. The topological polar surface area (TPSA) is 80.9 Å². The zero-order chi connectivity index (χ0) is 61.1. The largest absolute Gasteiger partial charge is 0.507 e. The summed E-state index contributed by atoms with van der Waals surface area (Å²) in [7, 11) is 0. The van der Waals surface area contributed by atoms with Gasteiger partial charge in [-0.25, -0.2) is 0 Å². The summed E-state index contributed by atoms with van der Waals surface area (Å²) >= 11 is 0. The van der Waals surface area contributed by atoms with Crippen molar-refractivity contribution in [2.24, 2.45) is 0 Å². The van der Waals surface area contributed by atoms with Gasteiger partial charge in [0.05, 0.1) is 0 Å². The van der Waals surface area contributed by atoms with E-state index in [1.54, 1.807) is 0 Å². The number of phenols is 4. The average molecular weight is 1180 g/mol. The van der Waals surface area contributed by atoms with Gasteiger partial charge in [0.25, 0.3) is 0 Å². The second kappa shape index (κ2) is 23.9. The average Bonchev–Trinajstić information content (AvgIpc) is 3.50. The van der Waals surface area contributed by atoms with Crippen molar-refractivity contribution in [3.63, 3.8) is 0 Å². The normalized spacial score (nSPS) is 12.8. The van der Waals surface area contributed by atoms with E-state index >= 15 is 0 Å². The van der Waals surface area contributed by atoms with Crippen LogP contribution in [0, 0.1) is 0 Å². The van der Waals surface area contributed by atoms with Crippen LogP contribution in [0.5, 0.6) is 23.0 Å². The zero-order valence-corrected chi connectivity index (χ0v) is 57.5. The first-order chi connectivity index (χ1) is 36.8. The van der Waals surface area contributed by atoms with Gasteiger partial charge < -0.3 is 20.4 Å². The van der Waals surface area contributed by atoms with Crippen molar-refractivity contribution < 1.29 is 46.6 Å².